The Hall–Kier alpha value is -0.0400. The first-order valence-electron chi connectivity index (χ1n) is 7.74. The van der Waals surface area contributed by atoms with Gasteiger partial charge in [-0.1, -0.05) is 20.8 Å². The number of hydrogen-bond acceptors (Lipinski definition) is 2. The van der Waals surface area contributed by atoms with Gasteiger partial charge in [0, 0.05) is 32.2 Å². The Morgan fingerprint density at radius 3 is 2.80 bits per heavy atom. The Labute approximate surface area is 140 Å². The number of guanidine groups is 1. The molecule has 5 heteroatoms. The molecule has 2 rings (SSSR count). The van der Waals surface area contributed by atoms with E-state index >= 15 is 0 Å². The molecular weight excluding hydrogens is 365 g/mol. The van der Waals surface area contributed by atoms with E-state index in [-0.39, 0.29) is 24.0 Å². The monoisotopic (exact) mass is 395 g/mol. The molecular formula is C15H30IN3O. The number of nitrogens with two attached hydrogens (primary N) is 1. The summed E-state index contributed by atoms with van der Waals surface area (Å²) in [6, 6.07) is 0. The van der Waals surface area contributed by atoms with Crippen LogP contribution in [0.1, 0.15) is 40.0 Å². The fourth-order valence-electron chi connectivity index (χ4n) is 3.30. The summed E-state index contributed by atoms with van der Waals surface area (Å²) < 4.78 is 5.80. The molecule has 0 aromatic rings. The minimum absolute atomic E-state index is 0. The van der Waals surface area contributed by atoms with E-state index < -0.39 is 0 Å². The van der Waals surface area contributed by atoms with Gasteiger partial charge in [-0.2, -0.15) is 0 Å². The number of likely N-dealkylation sites (tertiary alicyclic amines) is 1. The zero-order chi connectivity index (χ0) is 13.8. The first-order valence-corrected chi connectivity index (χ1v) is 7.74. The van der Waals surface area contributed by atoms with Gasteiger partial charge in [0.2, 0.25) is 0 Å². The highest BCUT2D eigenvalue weighted by molar-refractivity contribution is 14.0. The average Bonchev–Trinajstić information content (AvgIpc) is 2.84. The van der Waals surface area contributed by atoms with Crippen molar-refractivity contribution >= 4 is 29.9 Å². The summed E-state index contributed by atoms with van der Waals surface area (Å²) in [5, 5.41) is 0. The van der Waals surface area contributed by atoms with Gasteiger partial charge >= 0.3 is 0 Å². The third-order valence-corrected chi connectivity index (χ3v) is 4.39. The number of hydrogen-bond donors (Lipinski definition) is 1. The molecule has 2 saturated heterocycles. The van der Waals surface area contributed by atoms with Crippen LogP contribution >= 0.6 is 24.0 Å². The Morgan fingerprint density at radius 1 is 1.40 bits per heavy atom. The molecule has 20 heavy (non-hydrogen) atoms. The Morgan fingerprint density at radius 2 is 2.15 bits per heavy atom. The van der Waals surface area contributed by atoms with Gasteiger partial charge in [-0.05, 0) is 31.1 Å². The number of piperidine rings is 1. The van der Waals surface area contributed by atoms with Crippen molar-refractivity contribution in [3.05, 3.63) is 0 Å². The zero-order valence-electron chi connectivity index (χ0n) is 13.0. The molecule has 3 atom stereocenters. The number of nitrogens with zero attached hydrogens (tertiary/aromatic N) is 2. The molecule has 2 heterocycles. The lowest BCUT2D eigenvalue weighted by Crippen LogP contribution is -2.43. The lowest BCUT2D eigenvalue weighted by Gasteiger charge is -2.32. The minimum Gasteiger partial charge on any atom is -0.378 e. The Balaban J connectivity index is 0.00000200. The van der Waals surface area contributed by atoms with E-state index in [1.807, 2.05) is 0 Å². The average molecular weight is 395 g/mol. The summed E-state index contributed by atoms with van der Waals surface area (Å²) in [5.74, 6) is 2.58. The molecule has 0 bridgehead atoms. The molecule has 3 unspecified atom stereocenters. The number of ether oxygens (including phenoxy) is 1. The summed E-state index contributed by atoms with van der Waals surface area (Å²) in [5.41, 5.74) is 6.15. The molecule has 0 aliphatic carbocycles. The highest BCUT2D eigenvalue weighted by atomic mass is 127. The van der Waals surface area contributed by atoms with E-state index in [0.717, 1.165) is 44.5 Å². The predicted octanol–water partition coefficient (Wildman–Crippen LogP) is 2.71. The van der Waals surface area contributed by atoms with Crippen molar-refractivity contribution in [1.29, 1.82) is 0 Å². The maximum Gasteiger partial charge on any atom is 0.191 e. The maximum absolute atomic E-state index is 6.15. The molecule has 0 radical (unpaired) electrons. The van der Waals surface area contributed by atoms with E-state index in [1.165, 1.54) is 12.8 Å². The minimum atomic E-state index is 0. The van der Waals surface area contributed by atoms with Crippen molar-refractivity contribution in [2.45, 2.75) is 46.1 Å². The van der Waals surface area contributed by atoms with Gasteiger partial charge < -0.3 is 15.4 Å². The number of rotatable bonds is 3. The first kappa shape index (κ1) is 18.0. The standard InChI is InChI=1S/C15H29N3O.HI/c1-11(2)14-13(6-8-19-14)9-17-15(16)18-7-4-5-12(3)10-18;/h11-14H,4-10H2,1-3H3,(H2,16,17);1H. The second-order valence-corrected chi connectivity index (χ2v) is 6.52. The fourth-order valence-corrected chi connectivity index (χ4v) is 3.30. The molecule has 0 aromatic carbocycles. The van der Waals surface area contributed by atoms with E-state index in [4.69, 9.17) is 10.5 Å². The van der Waals surface area contributed by atoms with Crippen LogP contribution in [-0.2, 0) is 4.74 Å². The summed E-state index contributed by atoms with van der Waals surface area (Å²) in [6.45, 7) is 10.6. The van der Waals surface area contributed by atoms with Crippen LogP contribution in [0.15, 0.2) is 4.99 Å². The number of aliphatic imine (C=N–C) groups is 1. The van der Waals surface area contributed by atoms with Gasteiger partial charge in [-0.25, -0.2) is 0 Å². The predicted molar refractivity (Wildman–Crippen MR) is 94.6 cm³/mol. The smallest absolute Gasteiger partial charge is 0.191 e. The van der Waals surface area contributed by atoms with Crippen molar-refractivity contribution in [2.75, 3.05) is 26.2 Å². The SMILES string of the molecule is CC1CCCN(C(N)=NCC2CCOC2C(C)C)C1.I. The molecule has 2 aliphatic heterocycles. The lowest BCUT2D eigenvalue weighted by atomic mass is 9.93. The largest absolute Gasteiger partial charge is 0.378 e. The van der Waals surface area contributed by atoms with Gasteiger partial charge in [-0.3, -0.25) is 4.99 Å². The maximum atomic E-state index is 6.15. The second-order valence-electron chi connectivity index (χ2n) is 6.52. The van der Waals surface area contributed by atoms with E-state index in [9.17, 15) is 0 Å². The van der Waals surface area contributed by atoms with Gasteiger partial charge in [0.25, 0.3) is 0 Å². The van der Waals surface area contributed by atoms with Gasteiger partial charge in [0.05, 0.1) is 6.10 Å². The van der Waals surface area contributed by atoms with Gasteiger partial charge in [0.1, 0.15) is 0 Å². The zero-order valence-corrected chi connectivity index (χ0v) is 15.4. The van der Waals surface area contributed by atoms with Crippen LogP contribution < -0.4 is 5.73 Å². The van der Waals surface area contributed by atoms with Gasteiger partial charge in [0.15, 0.2) is 5.96 Å². The Kier molecular flexibility index (Phi) is 7.58. The molecule has 0 aromatic heterocycles. The Bertz CT molecular complexity index is 322. The van der Waals surface area contributed by atoms with Crippen LogP contribution in [0.2, 0.25) is 0 Å². The van der Waals surface area contributed by atoms with Crippen LogP contribution in [-0.4, -0.2) is 43.2 Å². The van der Waals surface area contributed by atoms with Crippen LogP contribution in [0, 0.1) is 17.8 Å². The van der Waals surface area contributed by atoms with Crippen molar-refractivity contribution in [2.24, 2.45) is 28.5 Å². The fraction of sp³-hybridized carbons (Fsp3) is 0.933. The van der Waals surface area contributed by atoms with E-state index in [1.54, 1.807) is 0 Å². The topological polar surface area (TPSA) is 50.8 Å². The van der Waals surface area contributed by atoms with Gasteiger partial charge in [-0.15, -0.1) is 24.0 Å². The molecule has 118 valence electrons. The third-order valence-electron chi connectivity index (χ3n) is 4.39. The van der Waals surface area contributed by atoms with Crippen LogP contribution in [0.25, 0.3) is 0 Å². The molecule has 2 aliphatic rings. The molecule has 0 saturated carbocycles. The summed E-state index contributed by atoms with van der Waals surface area (Å²) in [6.07, 6.45) is 4.03. The lowest BCUT2D eigenvalue weighted by molar-refractivity contribution is 0.0558. The number of halogens is 1. The quantitative estimate of drug-likeness (QED) is 0.454. The van der Waals surface area contributed by atoms with Crippen molar-refractivity contribution < 1.29 is 4.74 Å². The normalized spacial score (nSPS) is 31.5. The van der Waals surface area contributed by atoms with Crippen molar-refractivity contribution in [1.82, 2.24) is 4.90 Å². The first-order chi connectivity index (χ1) is 9.08. The second kappa shape index (κ2) is 8.41. The van der Waals surface area contributed by atoms with E-state index in [2.05, 4.69) is 30.7 Å². The highest BCUT2D eigenvalue weighted by Crippen LogP contribution is 2.27. The summed E-state index contributed by atoms with van der Waals surface area (Å²) in [7, 11) is 0. The molecule has 0 amide bonds. The van der Waals surface area contributed by atoms with Crippen LogP contribution in [0.4, 0.5) is 0 Å². The third kappa shape index (κ3) is 4.76. The van der Waals surface area contributed by atoms with E-state index in [0.29, 0.717) is 17.9 Å². The highest BCUT2D eigenvalue weighted by Gasteiger charge is 2.30. The molecule has 2 fully saturated rings. The van der Waals surface area contributed by atoms with Crippen LogP contribution in [0.3, 0.4) is 0 Å². The van der Waals surface area contributed by atoms with Crippen molar-refractivity contribution in [3.8, 4) is 0 Å². The summed E-state index contributed by atoms with van der Waals surface area (Å²) >= 11 is 0. The van der Waals surface area contributed by atoms with Crippen molar-refractivity contribution in [3.63, 3.8) is 0 Å². The molecule has 0 spiro atoms. The molecule has 2 N–H and O–H groups in total. The summed E-state index contributed by atoms with van der Waals surface area (Å²) in [4.78, 5) is 6.88. The molecule has 4 nitrogen and oxygen atoms in total. The van der Waals surface area contributed by atoms with Crippen LogP contribution in [0.5, 0.6) is 0 Å².